The molecule has 0 aliphatic carbocycles. The number of anilines is 1. The van der Waals surface area contributed by atoms with E-state index < -0.39 is 11.8 Å². The molecule has 1 aromatic carbocycles. The number of nitrogens with zero attached hydrogens (tertiary/aromatic N) is 1. The summed E-state index contributed by atoms with van der Waals surface area (Å²) in [6, 6.07) is 4.62. The van der Waals surface area contributed by atoms with Crippen LogP contribution in [-0.4, -0.2) is 24.7 Å². The monoisotopic (exact) mass is 245 g/mol. The number of Topliss-reactive ketones (excluding diaryl/α,β-unsaturated/α-hetero) is 1. The number of hydrogen-bond acceptors (Lipinski definition) is 4. The number of ether oxygens (including phenoxy) is 1. The number of imide groups is 1. The molecule has 5 nitrogen and oxygen atoms in total. The van der Waals surface area contributed by atoms with Crippen molar-refractivity contribution in [1.29, 1.82) is 0 Å². The first kappa shape index (κ1) is 12.0. The summed E-state index contributed by atoms with van der Waals surface area (Å²) < 4.78 is 5.10. The summed E-state index contributed by atoms with van der Waals surface area (Å²) in [5.41, 5.74) is 0.698. The van der Waals surface area contributed by atoms with Gasteiger partial charge in [0.05, 0.1) is 12.8 Å². The molecular formula is C13H11NO4. The van der Waals surface area contributed by atoms with Crippen molar-refractivity contribution in [2.45, 2.75) is 6.92 Å². The summed E-state index contributed by atoms with van der Waals surface area (Å²) in [4.78, 5) is 35.5. The van der Waals surface area contributed by atoms with E-state index in [1.807, 2.05) is 0 Å². The molecule has 2 rings (SSSR count). The first-order valence-electron chi connectivity index (χ1n) is 5.29. The molecule has 2 amide bonds. The maximum Gasteiger partial charge on any atom is 0.258 e. The van der Waals surface area contributed by atoms with Crippen molar-refractivity contribution in [3.05, 3.63) is 35.9 Å². The van der Waals surface area contributed by atoms with Crippen molar-refractivity contribution < 1.29 is 19.1 Å². The number of carbonyl (C=O) groups is 3. The van der Waals surface area contributed by atoms with Crippen LogP contribution < -0.4 is 9.64 Å². The molecular weight excluding hydrogens is 234 g/mol. The van der Waals surface area contributed by atoms with Crippen molar-refractivity contribution in [1.82, 2.24) is 0 Å². The molecule has 0 aromatic heterocycles. The van der Waals surface area contributed by atoms with Crippen LogP contribution in [0.5, 0.6) is 5.75 Å². The molecule has 0 N–H and O–H groups in total. The standard InChI is InChI=1S/C13H11NO4/c1-8(15)9-3-4-11(18-2)10(7-9)14-12(16)5-6-13(14)17/h3-7H,1-2H3. The summed E-state index contributed by atoms with van der Waals surface area (Å²) in [6.07, 6.45) is 2.37. The van der Waals surface area contributed by atoms with E-state index in [0.717, 1.165) is 4.90 Å². The van der Waals surface area contributed by atoms with Crippen LogP contribution in [-0.2, 0) is 9.59 Å². The van der Waals surface area contributed by atoms with E-state index >= 15 is 0 Å². The largest absolute Gasteiger partial charge is 0.495 e. The van der Waals surface area contributed by atoms with Crippen LogP contribution in [0.25, 0.3) is 0 Å². The predicted molar refractivity (Wildman–Crippen MR) is 64.6 cm³/mol. The number of methoxy groups -OCH3 is 1. The lowest BCUT2D eigenvalue weighted by molar-refractivity contribution is -0.120. The molecule has 1 aromatic rings. The van der Waals surface area contributed by atoms with Crippen LogP contribution in [0.1, 0.15) is 17.3 Å². The Morgan fingerprint density at radius 2 is 1.78 bits per heavy atom. The molecule has 1 aliphatic rings. The Hall–Kier alpha value is -2.43. The van der Waals surface area contributed by atoms with Crippen LogP contribution in [0.3, 0.4) is 0 Å². The fraction of sp³-hybridized carbons (Fsp3) is 0.154. The lowest BCUT2D eigenvalue weighted by atomic mass is 10.1. The first-order chi connectivity index (χ1) is 8.54. The van der Waals surface area contributed by atoms with Crippen molar-refractivity contribution in [2.75, 3.05) is 12.0 Å². The van der Waals surface area contributed by atoms with Crippen LogP contribution >= 0.6 is 0 Å². The number of hydrogen-bond donors (Lipinski definition) is 0. The van der Waals surface area contributed by atoms with Crippen LogP contribution in [0.4, 0.5) is 5.69 Å². The van der Waals surface area contributed by atoms with E-state index in [1.165, 1.54) is 32.3 Å². The van der Waals surface area contributed by atoms with Crippen molar-refractivity contribution in [2.24, 2.45) is 0 Å². The smallest absolute Gasteiger partial charge is 0.258 e. The summed E-state index contributed by atoms with van der Waals surface area (Å²) >= 11 is 0. The lowest BCUT2D eigenvalue weighted by Crippen LogP contribution is -2.30. The highest BCUT2D eigenvalue weighted by molar-refractivity contribution is 6.28. The molecule has 0 unspecified atom stereocenters. The highest BCUT2D eigenvalue weighted by atomic mass is 16.5. The van der Waals surface area contributed by atoms with E-state index in [2.05, 4.69) is 0 Å². The molecule has 5 heteroatoms. The first-order valence-corrected chi connectivity index (χ1v) is 5.29. The Morgan fingerprint density at radius 1 is 1.17 bits per heavy atom. The predicted octanol–water partition coefficient (Wildman–Crippen LogP) is 1.33. The minimum Gasteiger partial charge on any atom is -0.495 e. The highest BCUT2D eigenvalue weighted by Gasteiger charge is 2.28. The van der Waals surface area contributed by atoms with E-state index in [-0.39, 0.29) is 11.5 Å². The van der Waals surface area contributed by atoms with Gasteiger partial charge in [-0.25, -0.2) is 4.90 Å². The minimum atomic E-state index is -0.445. The van der Waals surface area contributed by atoms with Gasteiger partial charge < -0.3 is 4.74 Å². The number of ketones is 1. The molecule has 0 fully saturated rings. The van der Waals surface area contributed by atoms with Crippen molar-refractivity contribution >= 4 is 23.3 Å². The van der Waals surface area contributed by atoms with E-state index in [4.69, 9.17) is 4.74 Å². The average molecular weight is 245 g/mol. The van der Waals surface area contributed by atoms with Gasteiger partial charge in [0.1, 0.15) is 5.75 Å². The topological polar surface area (TPSA) is 63.7 Å². The molecule has 1 aliphatic heterocycles. The van der Waals surface area contributed by atoms with Gasteiger partial charge in [-0.2, -0.15) is 0 Å². The average Bonchev–Trinajstić information content (AvgIpc) is 2.68. The fourth-order valence-electron chi connectivity index (χ4n) is 1.72. The third-order valence-corrected chi connectivity index (χ3v) is 2.64. The zero-order chi connectivity index (χ0) is 13.3. The Labute approximate surface area is 104 Å². The molecule has 0 radical (unpaired) electrons. The quantitative estimate of drug-likeness (QED) is 0.595. The van der Waals surface area contributed by atoms with Crippen LogP contribution in [0.15, 0.2) is 30.4 Å². The minimum absolute atomic E-state index is 0.147. The van der Waals surface area contributed by atoms with Gasteiger partial charge in [0.2, 0.25) is 0 Å². The highest BCUT2D eigenvalue weighted by Crippen LogP contribution is 2.31. The third-order valence-electron chi connectivity index (χ3n) is 2.64. The van der Waals surface area contributed by atoms with Crippen molar-refractivity contribution in [3.63, 3.8) is 0 Å². The van der Waals surface area contributed by atoms with Gasteiger partial charge in [-0.3, -0.25) is 14.4 Å². The van der Waals surface area contributed by atoms with Gasteiger partial charge >= 0.3 is 0 Å². The Morgan fingerprint density at radius 3 is 2.28 bits per heavy atom. The van der Waals surface area contributed by atoms with Gasteiger partial charge in [-0.05, 0) is 25.1 Å². The normalized spacial score (nSPS) is 14.2. The summed E-state index contributed by atoms with van der Waals surface area (Å²) in [5, 5.41) is 0. The van der Waals surface area contributed by atoms with Gasteiger partial charge in [0, 0.05) is 17.7 Å². The maximum absolute atomic E-state index is 11.6. The summed E-state index contributed by atoms with van der Waals surface area (Å²) in [7, 11) is 1.44. The number of rotatable bonds is 3. The second-order valence-corrected chi connectivity index (χ2v) is 3.79. The molecule has 1 heterocycles. The van der Waals surface area contributed by atoms with Crippen LogP contribution in [0, 0.1) is 0 Å². The molecule has 0 saturated heterocycles. The zero-order valence-corrected chi connectivity index (χ0v) is 9.97. The molecule has 92 valence electrons. The van der Waals surface area contributed by atoms with Gasteiger partial charge in [-0.1, -0.05) is 0 Å². The molecule has 0 bridgehead atoms. The molecule has 18 heavy (non-hydrogen) atoms. The zero-order valence-electron chi connectivity index (χ0n) is 9.97. The molecule has 0 saturated carbocycles. The van der Waals surface area contributed by atoms with E-state index in [1.54, 1.807) is 12.1 Å². The van der Waals surface area contributed by atoms with Gasteiger partial charge in [-0.15, -0.1) is 0 Å². The van der Waals surface area contributed by atoms with Gasteiger partial charge in [0.25, 0.3) is 11.8 Å². The Kier molecular flexibility index (Phi) is 2.97. The second kappa shape index (κ2) is 4.44. The summed E-state index contributed by atoms with van der Waals surface area (Å²) in [6.45, 7) is 1.41. The maximum atomic E-state index is 11.6. The van der Waals surface area contributed by atoms with Gasteiger partial charge in [0.15, 0.2) is 5.78 Å². The number of amides is 2. The van der Waals surface area contributed by atoms with Crippen molar-refractivity contribution in [3.8, 4) is 5.75 Å². The molecule has 0 spiro atoms. The Balaban J connectivity index is 2.54. The molecule has 0 atom stereocenters. The lowest BCUT2D eigenvalue weighted by Gasteiger charge is -2.17. The second-order valence-electron chi connectivity index (χ2n) is 3.79. The number of benzene rings is 1. The third kappa shape index (κ3) is 1.90. The van der Waals surface area contributed by atoms with E-state index in [0.29, 0.717) is 11.3 Å². The number of carbonyl (C=O) groups excluding carboxylic acids is 3. The SMILES string of the molecule is COc1ccc(C(C)=O)cc1N1C(=O)C=CC1=O. The Bertz CT molecular complexity index is 556. The fourth-order valence-corrected chi connectivity index (χ4v) is 1.72. The van der Waals surface area contributed by atoms with Crippen LogP contribution in [0.2, 0.25) is 0 Å². The van der Waals surface area contributed by atoms with E-state index in [9.17, 15) is 14.4 Å². The summed E-state index contributed by atoms with van der Waals surface area (Å²) in [5.74, 6) is -0.672.